The summed E-state index contributed by atoms with van der Waals surface area (Å²) < 4.78 is 11.4. The monoisotopic (exact) mass is 289 g/mol. The minimum atomic E-state index is -0.402. The number of carbonyl (C=O) groups excluding carboxylic acids is 1. The third kappa shape index (κ3) is 4.99. The molecule has 0 radical (unpaired) electrons. The summed E-state index contributed by atoms with van der Waals surface area (Å²) in [5, 5.41) is 0. The Morgan fingerprint density at radius 1 is 1.29 bits per heavy atom. The molecule has 2 N–H and O–H groups in total. The van der Waals surface area contributed by atoms with Crippen molar-refractivity contribution in [3.8, 4) is 0 Å². The number of amides is 1. The van der Waals surface area contributed by atoms with Crippen molar-refractivity contribution in [3.63, 3.8) is 0 Å². The quantitative estimate of drug-likeness (QED) is 0.866. The Bertz CT molecular complexity index is 515. The molecule has 0 bridgehead atoms. The minimum absolute atomic E-state index is 0.250. The van der Waals surface area contributed by atoms with Gasteiger partial charge in [0.1, 0.15) is 18.1 Å². The number of hydrogen-bond donors (Lipinski definition) is 1. The second kappa shape index (κ2) is 7.53. The van der Waals surface area contributed by atoms with E-state index >= 15 is 0 Å². The van der Waals surface area contributed by atoms with E-state index in [9.17, 15) is 0 Å². The predicted molar refractivity (Wildman–Crippen MR) is 83.2 cm³/mol. The van der Waals surface area contributed by atoms with Gasteiger partial charge in [0.25, 0.3) is 0 Å². The summed E-state index contributed by atoms with van der Waals surface area (Å²) in [6.07, 6.45) is 3.17. The van der Waals surface area contributed by atoms with Gasteiger partial charge in [0.15, 0.2) is 5.60 Å². The summed E-state index contributed by atoms with van der Waals surface area (Å²) >= 11 is 0. The first-order chi connectivity index (χ1) is 9.92. The van der Waals surface area contributed by atoms with Crippen molar-refractivity contribution in [2.75, 3.05) is 0 Å². The number of benzene rings is 1. The number of ether oxygens (including phenoxy) is 2. The number of carbonyl (C=O) groups is 1. The number of allylic oxidation sites excluding steroid dienone is 1. The van der Waals surface area contributed by atoms with E-state index in [2.05, 4.69) is 43.5 Å². The van der Waals surface area contributed by atoms with Gasteiger partial charge in [-0.15, -0.1) is 0 Å². The SMILES string of the molecule is C=C1C=C(OCc2ccc(CC)cc2)C(C)(C)O1.NC=O. The lowest BCUT2D eigenvalue weighted by Gasteiger charge is -2.22. The van der Waals surface area contributed by atoms with Gasteiger partial charge in [0.05, 0.1) is 0 Å². The fourth-order valence-electron chi connectivity index (χ4n) is 1.98. The summed E-state index contributed by atoms with van der Waals surface area (Å²) in [6, 6.07) is 8.50. The van der Waals surface area contributed by atoms with Crippen molar-refractivity contribution in [2.24, 2.45) is 5.73 Å². The molecule has 0 fully saturated rings. The van der Waals surface area contributed by atoms with E-state index < -0.39 is 5.60 Å². The highest BCUT2D eigenvalue weighted by Gasteiger charge is 2.32. The molecule has 1 aliphatic heterocycles. The van der Waals surface area contributed by atoms with Crippen LogP contribution < -0.4 is 5.73 Å². The molecule has 1 aromatic rings. The van der Waals surface area contributed by atoms with Crippen molar-refractivity contribution in [2.45, 2.75) is 39.4 Å². The zero-order valence-corrected chi connectivity index (χ0v) is 12.9. The molecule has 1 aliphatic rings. The van der Waals surface area contributed by atoms with E-state index in [-0.39, 0.29) is 6.41 Å². The summed E-state index contributed by atoms with van der Waals surface area (Å²) in [5.41, 5.74) is 6.28. The molecule has 0 saturated carbocycles. The first-order valence-corrected chi connectivity index (χ1v) is 6.89. The number of hydrogen-bond acceptors (Lipinski definition) is 3. The predicted octanol–water partition coefficient (Wildman–Crippen LogP) is 3.07. The molecule has 1 amide bonds. The van der Waals surface area contributed by atoms with Crippen molar-refractivity contribution in [1.82, 2.24) is 0 Å². The largest absolute Gasteiger partial charge is 0.489 e. The molecule has 1 aromatic carbocycles. The Labute approximate surface area is 126 Å². The standard InChI is InChI=1S/C16H20O2.CH3NO/c1-5-13-6-8-14(9-7-13)11-17-15-10-12(2)18-16(15,3)4;2-1-3/h6-10H,2,5,11H2,1,3-4H3;1H,(H2,2,3). The van der Waals surface area contributed by atoms with Gasteiger partial charge in [0, 0.05) is 6.08 Å². The molecule has 0 aromatic heterocycles. The molecule has 4 nitrogen and oxygen atoms in total. The van der Waals surface area contributed by atoms with Gasteiger partial charge in [-0.1, -0.05) is 37.8 Å². The van der Waals surface area contributed by atoms with Gasteiger partial charge < -0.3 is 15.2 Å². The van der Waals surface area contributed by atoms with E-state index in [1.54, 1.807) is 0 Å². The summed E-state index contributed by atoms with van der Waals surface area (Å²) in [7, 11) is 0. The van der Waals surface area contributed by atoms with E-state index in [4.69, 9.17) is 14.3 Å². The Balaban J connectivity index is 0.000000677. The van der Waals surface area contributed by atoms with Crippen LogP contribution in [0, 0.1) is 0 Å². The van der Waals surface area contributed by atoms with Crippen LogP contribution in [0.3, 0.4) is 0 Å². The summed E-state index contributed by atoms with van der Waals surface area (Å²) in [4.78, 5) is 8.58. The van der Waals surface area contributed by atoms with Crippen LogP contribution in [0.15, 0.2) is 48.4 Å². The highest BCUT2D eigenvalue weighted by Crippen LogP contribution is 2.32. The topological polar surface area (TPSA) is 61.6 Å². The number of rotatable bonds is 4. The van der Waals surface area contributed by atoms with E-state index in [1.807, 2.05) is 19.9 Å². The molecule has 2 rings (SSSR count). The van der Waals surface area contributed by atoms with Crippen LogP contribution in [0.25, 0.3) is 0 Å². The minimum Gasteiger partial charge on any atom is -0.489 e. The second-order valence-corrected chi connectivity index (χ2v) is 5.18. The maximum absolute atomic E-state index is 8.58. The molecule has 21 heavy (non-hydrogen) atoms. The smallest absolute Gasteiger partial charge is 0.204 e. The fourth-order valence-corrected chi connectivity index (χ4v) is 1.98. The van der Waals surface area contributed by atoms with Crippen LogP contribution in [0.1, 0.15) is 31.9 Å². The third-order valence-electron chi connectivity index (χ3n) is 3.10. The maximum atomic E-state index is 8.58. The van der Waals surface area contributed by atoms with Crippen molar-refractivity contribution >= 4 is 6.41 Å². The van der Waals surface area contributed by atoms with Crippen LogP contribution in [0.4, 0.5) is 0 Å². The molecule has 0 aliphatic carbocycles. The van der Waals surface area contributed by atoms with Gasteiger partial charge in [-0.3, -0.25) is 4.79 Å². The highest BCUT2D eigenvalue weighted by molar-refractivity contribution is 5.42. The van der Waals surface area contributed by atoms with Crippen molar-refractivity contribution < 1.29 is 14.3 Å². The highest BCUT2D eigenvalue weighted by atomic mass is 16.6. The molecule has 0 unspecified atom stereocenters. The average Bonchev–Trinajstić information content (AvgIpc) is 2.70. The van der Waals surface area contributed by atoms with Crippen LogP contribution in [0.2, 0.25) is 0 Å². The molecular formula is C17H23NO3. The average molecular weight is 289 g/mol. The van der Waals surface area contributed by atoms with E-state index in [0.29, 0.717) is 12.4 Å². The number of primary amides is 1. The van der Waals surface area contributed by atoms with Crippen LogP contribution in [-0.4, -0.2) is 12.0 Å². The Morgan fingerprint density at radius 3 is 2.24 bits per heavy atom. The molecule has 0 atom stereocenters. The Kier molecular flexibility index (Phi) is 6.03. The molecule has 0 saturated heterocycles. The van der Waals surface area contributed by atoms with Gasteiger partial charge in [-0.2, -0.15) is 0 Å². The molecule has 1 heterocycles. The van der Waals surface area contributed by atoms with Gasteiger partial charge in [-0.05, 0) is 31.4 Å². The van der Waals surface area contributed by atoms with Gasteiger partial charge in [-0.25, -0.2) is 0 Å². The van der Waals surface area contributed by atoms with Gasteiger partial charge >= 0.3 is 0 Å². The molecule has 114 valence electrons. The van der Waals surface area contributed by atoms with E-state index in [0.717, 1.165) is 12.2 Å². The Hall–Kier alpha value is -2.23. The van der Waals surface area contributed by atoms with Crippen molar-refractivity contribution in [1.29, 1.82) is 0 Å². The zero-order chi connectivity index (χ0) is 15.9. The second-order valence-electron chi connectivity index (χ2n) is 5.18. The van der Waals surface area contributed by atoms with Crippen LogP contribution in [-0.2, 0) is 27.3 Å². The Morgan fingerprint density at radius 2 is 1.81 bits per heavy atom. The number of aryl methyl sites for hydroxylation is 1. The third-order valence-corrected chi connectivity index (χ3v) is 3.10. The zero-order valence-electron chi connectivity index (χ0n) is 12.9. The van der Waals surface area contributed by atoms with Gasteiger partial charge in [0.2, 0.25) is 6.41 Å². The maximum Gasteiger partial charge on any atom is 0.204 e. The van der Waals surface area contributed by atoms with Crippen LogP contribution >= 0.6 is 0 Å². The molecule has 0 spiro atoms. The summed E-state index contributed by atoms with van der Waals surface area (Å²) in [6.45, 7) is 10.5. The lowest BCUT2D eigenvalue weighted by atomic mass is 10.1. The normalized spacial score (nSPS) is 15.4. The summed E-state index contributed by atoms with van der Waals surface area (Å²) in [5.74, 6) is 1.50. The molecular weight excluding hydrogens is 266 g/mol. The lowest BCUT2D eigenvalue weighted by Crippen LogP contribution is -2.23. The fraction of sp³-hybridized carbons (Fsp3) is 0.353. The molecule has 4 heteroatoms. The first kappa shape index (κ1) is 16.8. The van der Waals surface area contributed by atoms with Crippen LogP contribution in [0.5, 0.6) is 0 Å². The van der Waals surface area contributed by atoms with E-state index in [1.165, 1.54) is 11.1 Å². The number of nitrogens with two attached hydrogens (primary N) is 1. The lowest BCUT2D eigenvalue weighted by molar-refractivity contribution is -0.106. The van der Waals surface area contributed by atoms with Crippen molar-refractivity contribution in [3.05, 3.63) is 59.6 Å². The first-order valence-electron chi connectivity index (χ1n) is 6.89.